The Morgan fingerprint density at radius 1 is 1.18 bits per heavy atom. The van der Waals surface area contributed by atoms with E-state index in [0.29, 0.717) is 22.2 Å². The maximum Gasteiger partial charge on any atom is 0.407 e. The minimum atomic E-state index is -0.750. The van der Waals surface area contributed by atoms with Gasteiger partial charge in [-0.2, -0.15) is 0 Å². The summed E-state index contributed by atoms with van der Waals surface area (Å²) in [4.78, 5) is 14.5. The van der Waals surface area contributed by atoms with E-state index >= 15 is 0 Å². The van der Waals surface area contributed by atoms with Crippen molar-refractivity contribution in [3.05, 3.63) is 59.4 Å². The Hall–Kier alpha value is -3.00. The summed E-state index contributed by atoms with van der Waals surface area (Å²) in [5.74, 6) is -1.90. The van der Waals surface area contributed by atoms with Crippen molar-refractivity contribution in [2.75, 3.05) is 13.2 Å². The van der Waals surface area contributed by atoms with E-state index in [1.54, 1.807) is 0 Å². The zero-order valence-corrected chi connectivity index (χ0v) is 15.1. The van der Waals surface area contributed by atoms with Gasteiger partial charge >= 0.3 is 6.09 Å². The Balaban J connectivity index is 1.89. The van der Waals surface area contributed by atoms with Crippen LogP contribution in [-0.4, -0.2) is 35.4 Å². The van der Waals surface area contributed by atoms with Crippen LogP contribution in [-0.2, 0) is 11.2 Å². The van der Waals surface area contributed by atoms with E-state index in [1.165, 1.54) is 37.3 Å². The lowest BCUT2D eigenvalue weighted by Crippen LogP contribution is -2.31. The molecule has 0 saturated carbocycles. The number of fused-ring (bicyclic) bond motifs is 1. The van der Waals surface area contributed by atoms with Crippen LogP contribution in [0.3, 0.4) is 0 Å². The molecule has 8 heteroatoms. The van der Waals surface area contributed by atoms with Crippen molar-refractivity contribution in [3.8, 4) is 11.3 Å². The third-order valence-corrected chi connectivity index (χ3v) is 4.19. The van der Waals surface area contributed by atoms with Crippen LogP contribution in [0.15, 0.2) is 36.4 Å². The van der Waals surface area contributed by atoms with Crippen LogP contribution in [0, 0.1) is 17.5 Å². The molecule has 3 rings (SSSR count). The molecule has 1 unspecified atom stereocenters. The van der Waals surface area contributed by atoms with Gasteiger partial charge in [0, 0.05) is 30.1 Å². The standard InChI is InChI=1S/C20H19F3N2O3/c1-11(26)10-24-20(27)28-7-6-15-16-8-14(22)9-17(23)19(16)25-18(15)12-2-4-13(21)5-3-12/h2-5,8-9,11,25-26H,6-7,10H2,1H3,(H,24,27). The van der Waals surface area contributed by atoms with Gasteiger partial charge in [-0.15, -0.1) is 0 Å². The Kier molecular flexibility index (Phi) is 5.89. The summed E-state index contributed by atoms with van der Waals surface area (Å²) >= 11 is 0. The first-order valence-corrected chi connectivity index (χ1v) is 8.69. The number of aliphatic hydroxyl groups is 1. The van der Waals surface area contributed by atoms with Crippen molar-refractivity contribution in [3.63, 3.8) is 0 Å². The zero-order valence-electron chi connectivity index (χ0n) is 15.1. The van der Waals surface area contributed by atoms with Gasteiger partial charge in [-0.05, 0) is 48.4 Å². The van der Waals surface area contributed by atoms with Crippen LogP contribution < -0.4 is 5.32 Å². The molecule has 148 valence electrons. The molecule has 1 amide bonds. The van der Waals surface area contributed by atoms with Crippen molar-refractivity contribution in [1.82, 2.24) is 10.3 Å². The maximum atomic E-state index is 14.2. The van der Waals surface area contributed by atoms with Crippen molar-refractivity contribution < 1.29 is 27.8 Å². The van der Waals surface area contributed by atoms with Crippen LogP contribution in [0.5, 0.6) is 0 Å². The molecule has 0 radical (unpaired) electrons. The number of nitrogens with one attached hydrogen (secondary N) is 2. The second-order valence-electron chi connectivity index (χ2n) is 6.41. The number of aromatic amines is 1. The van der Waals surface area contributed by atoms with Crippen molar-refractivity contribution in [2.45, 2.75) is 19.4 Å². The molecule has 1 atom stereocenters. The fourth-order valence-electron chi connectivity index (χ4n) is 2.92. The zero-order chi connectivity index (χ0) is 20.3. The maximum absolute atomic E-state index is 14.2. The van der Waals surface area contributed by atoms with E-state index in [1.807, 2.05) is 0 Å². The second kappa shape index (κ2) is 8.35. The molecule has 1 aromatic heterocycles. The number of benzene rings is 2. The average molecular weight is 392 g/mol. The third-order valence-electron chi connectivity index (χ3n) is 4.19. The lowest BCUT2D eigenvalue weighted by atomic mass is 10.0. The fraction of sp³-hybridized carbons (Fsp3) is 0.250. The third kappa shape index (κ3) is 4.45. The smallest absolute Gasteiger partial charge is 0.407 e. The normalized spacial score (nSPS) is 12.2. The van der Waals surface area contributed by atoms with E-state index in [2.05, 4.69) is 10.3 Å². The highest BCUT2D eigenvalue weighted by Crippen LogP contribution is 2.32. The monoisotopic (exact) mass is 392 g/mol. The number of halogens is 3. The number of aliphatic hydroxyl groups excluding tert-OH is 1. The number of amides is 1. The number of alkyl carbamates (subject to hydrolysis) is 1. The summed E-state index contributed by atoms with van der Waals surface area (Å²) in [5, 5.41) is 11.9. The molecule has 2 aromatic carbocycles. The van der Waals surface area contributed by atoms with Crippen molar-refractivity contribution in [2.24, 2.45) is 0 Å². The van der Waals surface area contributed by atoms with Gasteiger partial charge in [0.2, 0.25) is 0 Å². The Morgan fingerprint density at radius 3 is 2.57 bits per heavy atom. The predicted molar refractivity (Wildman–Crippen MR) is 98.3 cm³/mol. The number of rotatable bonds is 6. The number of carbonyl (C=O) groups is 1. The number of hydrogen-bond donors (Lipinski definition) is 3. The van der Waals surface area contributed by atoms with Gasteiger partial charge in [0.1, 0.15) is 17.5 Å². The molecule has 3 aromatic rings. The number of aromatic nitrogens is 1. The van der Waals surface area contributed by atoms with Gasteiger partial charge in [0.15, 0.2) is 0 Å². The lowest BCUT2D eigenvalue weighted by molar-refractivity contribution is 0.136. The van der Waals surface area contributed by atoms with Gasteiger partial charge in [0.25, 0.3) is 0 Å². The minimum Gasteiger partial charge on any atom is -0.449 e. The lowest BCUT2D eigenvalue weighted by Gasteiger charge is -2.09. The topological polar surface area (TPSA) is 74.3 Å². The molecule has 0 aliphatic heterocycles. The van der Waals surface area contributed by atoms with Crippen LogP contribution in [0.4, 0.5) is 18.0 Å². The van der Waals surface area contributed by atoms with Gasteiger partial charge < -0.3 is 20.1 Å². The summed E-state index contributed by atoms with van der Waals surface area (Å²) in [7, 11) is 0. The largest absolute Gasteiger partial charge is 0.449 e. The number of carbonyl (C=O) groups excluding carboxylic acids is 1. The summed E-state index contributed by atoms with van der Waals surface area (Å²) in [6.07, 6.45) is -1.24. The summed E-state index contributed by atoms with van der Waals surface area (Å²) in [5.41, 5.74) is 1.75. The molecule has 0 aliphatic carbocycles. The van der Waals surface area contributed by atoms with Gasteiger partial charge in [-0.3, -0.25) is 0 Å². The molecule has 0 bridgehead atoms. The molecule has 3 N–H and O–H groups in total. The first-order valence-electron chi connectivity index (χ1n) is 8.69. The Bertz CT molecular complexity index is 985. The Morgan fingerprint density at radius 2 is 1.89 bits per heavy atom. The molecule has 0 aliphatic rings. The fourth-order valence-corrected chi connectivity index (χ4v) is 2.92. The molecule has 0 saturated heterocycles. The van der Waals surface area contributed by atoms with Crippen molar-refractivity contribution >= 4 is 17.0 Å². The molecule has 28 heavy (non-hydrogen) atoms. The molecule has 1 heterocycles. The Labute approximate surface area is 159 Å². The summed E-state index contributed by atoms with van der Waals surface area (Å²) < 4.78 is 46.2. The number of ether oxygens (including phenoxy) is 1. The van der Waals surface area contributed by atoms with Crippen LogP contribution in [0.2, 0.25) is 0 Å². The molecular weight excluding hydrogens is 373 g/mol. The average Bonchev–Trinajstić information content (AvgIpc) is 2.99. The molecule has 5 nitrogen and oxygen atoms in total. The highest BCUT2D eigenvalue weighted by molar-refractivity contribution is 5.91. The van der Waals surface area contributed by atoms with E-state index in [-0.39, 0.29) is 25.1 Å². The quantitative estimate of drug-likeness (QED) is 0.596. The minimum absolute atomic E-state index is 0.0448. The SMILES string of the molecule is CC(O)CNC(=O)OCCc1c(-c2ccc(F)cc2)[nH]c2c(F)cc(F)cc12. The first-order chi connectivity index (χ1) is 13.3. The van der Waals surface area contributed by atoms with Gasteiger partial charge in [0.05, 0.1) is 18.2 Å². The van der Waals surface area contributed by atoms with Crippen molar-refractivity contribution in [1.29, 1.82) is 0 Å². The first kappa shape index (κ1) is 19.8. The van der Waals surface area contributed by atoms with E-state index < -0.39 is 29.6 Å². The second-order valence-corrected chi connectivity index (χ2v) is 6.41. The molecule has 0 spiro atoms. The van der Waals surface area contributed by atoms with E-state index in [4.69, 9.17) is 9.84 Å². The summed E-state index contributed by atoms with van der Waals surface area (Å²) in [6.45, 7) is 1.51. The van der Waals surface area contributed by atoms with E-state index in [9.17, 15) is 18.0 Å². The van der Waals surface area contributed by atoms with Gasteiger partial charge in [-0.1, -0.05) is 0 Å². The molecular formula is C20H19F3N2O3. The van der Waals surface area contributed by atoms with Crippen LogP contribution in [0.25, 0.3) is 22.2 Å². The number of H-pyrrole nitrogens is 1. The molecule has 0 fully saturated rings. The number of hydrogen-bond acceptors (Lipinski definition) is 3. The van der Waals surface area contributed by atoms with Gasteiger partial charge in [-0.25, -0.2) is 18.0 Å². The summed E-state index contributed by atoms with van der Waals surface area (Å²) in [6, 6.07) is 7.55. The van der Waals surface area contributed by atoms with Crippen LogP contribution in [0.1, 0.15) is 12.5 Å². The van der Waals surface area contributed by atoms with E-state index in [0.717, 1.165) is 6.07 Å². The highest BCUT2D eigenvalue weighted by atomic mass is 19.1. The predicted octanol–water partition coefficient (Wildman–Crippen LogP) is 3.90. The van der Waals surface area contributed by atoms with Crippen LogP contribution >= 0.6 is 0 Å². The highest BCUT2D eigenvalue weighted by Gasteiger charge is 2.17.